The number of fused-ring (bicyclic) bond motifs is 1. The fourth-order valence-electron chi connectivity index (χ4n) is 5.47. The van der Waals surface area contributed by atoms with E-state index in [9.17, 15) is 19.1 Å². The molecule has 0 spiro atoms. The van der Waals surface area contributed by atoms with E-state index < -0.39 is 17.7 Å². The van der Waals surface area contributed by atoms with Gasteiger partial charge < -0.3 is 14.6 Å². The summed E-state index contributed by atoms with van der Waals surface area (Å²) in [5.74, 6) is -0.333. The van der Waals surface area contributed by atoms with Crippen LogP contribution in [0.5, 0.6) is 11.5 Å². The van der Waals surface area contributed by atoms with Crippen molar-refractivity contribution in [3.8, 4) is 11.5 Å². The van der Waals surface area contributed by atoms with E-state index in [1.54, 1.807) is 42.5 Å². The van der Waals surface area contributed by atoms with Crippen molar-refractivity contribution in [2.24, 2.45) is 0 Å². The van der Waals surface area contributed by atoms with E-state index in [2.05, 4.69) is 17.1 Å². The number of benzene rings is 3. The van der Waals surface area contributed by atoms with Gasteiger partial charge in [-0.25, -0.2) is 4.39 Å². The van der Waals surface area contributed by atoms with Crippen LogP contribution < -0.4 is 14.4 Å². The van der Waals surface area contributed by atoms with Crippen LogP contribution in [-0.2, 0) is 21.8 Å². The van der Waals surface area contributed by atoms with Gasteiger partial charge in [0.25, 0.3) is 5.78 Å². The van der Waals surface area contributed by atoms with Crippen molar-refractivity contribution in [2.45, 2.75) is 61.8 Å². The number of hydrogen-bond acceptors (Lipinski definition) is 9. The van der Waals surface area contributed by atoms with Crippen LogP contribution in [0, 0.1) is 5.82 Å². The fourth-order valence-corrected chi connectivity index (χ4v) is 7.29. The number of anilines is 1. The lowest BCUT2D eigenvalue weighted by molar-refractivity contribution is -0.132. The smallest absolute Gasteiger partial charge is 0.301 e. The number of rotatable bonds is 11. The average Bonchev–Trinajstić information content (AvgIpc) is 3.73. The molecule has 3 heterocycles. The molecule has 6 rings (SSSR count). The van der Waals surface area contributed by atoms with Crippen molar-refractivity contribution in [3.05, 3.63) is 100 Å². The number of carbonyl (C=O) groups excluding carboxylic acids is 2. The van der Waals surface area contributed by atoms with Gasteiger partial charge in [0.1, 0.15) is 29.2 Å². The zero-order valence-electron chi connectivity index (χ0n) is 24.9. The van der Waals surface area contributed by atoms with Crippen molar-refractivity contribution in [3.63, 3.8) is 0 Å². The largest absolute Gasteiger partial charge is 0.507 e. The van der Waals surface area contributed by atoms with Crippen molar-refractivity contribution in [1.82, 2.24) is 10.2 Å². The Kier molecular flexibility index (Phi) is 9.18. The molecular formula is C34H32FN3O5S2. The van der Waals surface area contributed by atoms with E-state index in [4.69, 9.17) is 9.47 Å². The number of nitrogens with zero attached hydrogens (tertiary/aromatic N) is 3. The number of aromatic nitrogens is 2. The SMILES string of the molecule is CCCCCOc1cccc([C@H]2C(=C(O)c3ccc4c(c3)C[C@@H](C)O4)C(=O)C(=O)N2c2nnc(SCc3ccc(F)cc3)s2)c1. The Bertz CT molecular complexity index is 1760. The summed E-state index contributed by atoms with van der Waals surface area (Å²) in [5, 5.41) is 20.4. The molecule has 11 heteroatoms. The number of aliphatic hydroxyl groups excluding tert-OH is 1. The Morgan fingerprint density at radius 2 is 1.93 bits per heavy atom. The van der Waals surface area contributed by atoms with Crippen LogP contribution in [0.4, 0.5) is 9.52 Å². The molecule has 1 N–H and O–H groups in total. The first-order valence-electron chi connectivity index (χ1n) is 14.9. The molecule has 8 nitrogen and oxygen atoms in total. The molecule has 0 aliphatic carbocycles. The van der Waals surface area contributed by atoms with Gasteiger partial charge in [0.2, 0.25) is 5.13 Å². The molecule has 1 saturated heterocycles. The Morgan fingerprint density at radius 1 is 1.11 bits per heavy atom. The molecule has 1 aromatic heterocycles. The molecule has 1 amide bonds. The van der Waals surface area contributed by atoms with Crippen LogP contribution in [0.1, 0.15) is 61.4 Å². The highest BCUT2D eigenvalue weighted by Crippen LogP contribution is 2.45. The van der Waals surface area contributed by atoms with Gasteiger partial charge in [-0.3, -0.25) is 14.5 Å². The second-order valence-corrected chi connectivity index (χ2v) is 13.2. The minimum Gasteiger partial charge on any atom is -0.507 e. The predicted molar refractivity (Wildman–Crippen MR) is 172 cm³/mol. The minimum absolute atomic E-state index is 0.00979. The lowest BCUT2D eigenvalue weighted by Crippen LogP contribution is -2.29. The molecule has 45 heavy (non-hydrogen) atoms. The molecule has 2 aliphatic heterocycles. The highest BCUT2D eigenvalue weighted by Gasteiger charge is 2.48. The van der Waals surface area contributed by atoms with E-state index >= 15 is 0 Å². The quantitative estimate of drug-likeness (QED) is 0.0447. The summed E-state index contributed by atoms with van der Waals surface area (Å²) < 4.78 is 25.7. The molecule has 3 aromatic carbocycles. The molecule has 0 radical (unpaired) electrons. The summed E-state index contributed by atoms with van der Waals surface area (Å²) in [6, 6.07) is 17.8. The molecule has 2 atom stereocenters. The molecule has 232 valence electrons. The standard InChI is InChI=1S/C34H32FN3O5S2/c1-3-4-5-15-42-26-8-6-7-22(18-26)29-28(30(39)23-11-14-27-24(17-23)16-20(2)43-27)31(40)32(41)38(29)33-36-37-34(45-33)44-19-21-9-12-25(35)13-10-21/h6-14,17-18,20,29,39H,3-5,15-16,19H2,1-2H3/t20-,29+/m1/s1. The first kappa shape index (κ1) is 30.8. The van der Waals surface area contributed by atoms with Crippen LogP contribution in [0.2, 0.25) is 0 Å². The molecule has 4 aromatic rings. The average molecular weight is 646 g/mol. The summed E-state index contributed by atoms with van der Waals surface area (Å²) in [4.78, 5) is 28.7. The second-order valence-electron chi connectivity index (χ2n) is 11.0. The summed E-state index contributed by atoms with van der Waals surface area (Å²) in [6.45, 7) is 4.63. The van der Waals surface area contributed by atoms with E-state index in [1.807, 2.05) is 19.1 Å². The Morgan fingerprint density at radius 3 is 2.73 bits per heavy atom. The monoisotopic (exact) mass is 645 g/mol. The summed E-state index contributed by atoms with van der Waals surface area (Å²) in [5.41, 5.74) is 2.81. The molecule has 0 saturated carbocycles. The molecular weight excluding hydrogens is 614 g/mol. The molecule has 1 fully saturated rings. The van der Waals surface area contributed by atoms with Crippen molar-refractivity contribution in [2.75, 3.05) is 11.5 Å². The lowest BCUT2D eigenvalue weighted by Gasteiger charge is -2.23. The third kappa shape index (κ3) is 6.60. The van der Waals surface area contributed by atoms with E-state index in [0.29, 0.717) is 40.0 Å². The number of thioether (sulfide) groups is 1. The van der Waals surface area contributed by atoms with Crippen LogP contribution in [0.15, 0.2) is 76.6 Å². The van der Waals surface area contributed by atoms with Crippen LogP contribution in [0.3, 0.4) is 0 Å². The highest BCUT2D eigenvalue weighted by molar-refractivity contribution is 8.00. The Hall–Kier alpha value is -4.22. The number of ketones is 1. The first-order valence-corrected chi connectivity index (χ1v) is 16.7. The topological polar surface area (TPSA) is 102 Å². The summed E-state index contributed by atoms with van der Waals surface area (Å²) >= 11 is 2.57. The lowest BCUT2D eigenvalue weighted by atomic mass is 9.94. The third-order valence-electron chi connectivity index (χ3n) is 7.68. The third-order valence-corrected chi connectivity index (χ3v) is 9.81. The van der Waals surface area contributed by atoms with Gasteiger partial charge in [0, 0.05) is 17.7 Å². The van der Waals surface area contributed by atoms with Crippen molar-refractivity contribution in [1.29, 1.82) is 0 Å². The number of halogens is 1. The maximum atomic E-state index is 13.7. The summed E-state index contributed by atoms with van der Waals surface area (Å²) in [7, 11) is 0. The molecule has 0 unspecified atom stereocenters. The van der Waals surface area contributed by atoms with Gasteiger partial charge in [-0.2, -0.15) is 0 Å². The van der Waals surface area contributed by atoms with Gasteiger partial charge in [0.15, 0.2) is 4.34 Å². The Labute approximate surface area is 268 Å². The number of carbonyl (C=O) groups is 2. The fraction of sp³-hybridized carbons (Fsp3) is 0.294. The zero-order chi connectivity index (χ0) is 31.5. The highest BCUT2D eigenvalue weighted by atomic mass is 32.2. The number of amides is 1. The van der Waals surface area contributed by atoms with Gasteiger partial charge in [-0.1, -0.05) is 67.1 Å². The van der Waals surface area contributed by atoms with Gasteiger partial charge in [0.05, 0.1) is 18.2 Å². The minimum atomic E-state index is -0.962. The van der Waals surface area contributed by atoms with Crippen molar-refractivity contribution >= 4 is 45.7 Å². The van der Waals surface area contributed by atoms with Crippen LogP contribution in [0.25, 0.3) is 5.76 Å². The second kappa shape index (κ2) is 13.4. The maximum Gasteiger partial charge on any atom is 0.301 e. The van der Waals surface area contributed by atoms with Gasteiger partial charge >= 0.3 is 5.91 Å². The first-order chi connectivity index (χ1) is 21.8. The van der Waals surface area contributed by atoms with Gasteiger partial charge in [-0.05, 0) is 72.5 Å². The maximum absolute atomic E-state index is 13.7. The Balaban J connectivity index is 1.37. The molecule has 2 aliphatic rings. The van der Waals surface area contributed by atoms with E-state index in [0.717, 1.165) is 36.1 Å². The number of unbranched alkanes of at least 4 members (excludes halogenated alkanes) is 2. The summed E-state index contributed by atoms with van der Waals surface area (Å²) in [6.07, 6.45) is 3.70. The van der Waals surface area contributed by atoms with Gasteiger partial charge in [-0.15, -0.1) is 10.2 Å². The number of ether oxygens (including phenoxy) is 2. The normalized spacial score (nSPS) is 18.7. The zero-order valence-corrected chi connectivity index (χ0v) is 26.5. The van der Waals surface area contributed by atoms with E-state index in [-0.39, 0.29) is 28.4 Å². The van der Waals surface area contributed by atoms with Crippen molar-refractivity contribution < 1.29 is 28.6 Å². The number of Topliss-reactive ketones (excluding diaryl/α,β-unsaturated/α-hetero) is 1. The number of hydrogen-bond donors (Lipinski definition) is 1. The number of aliphatic hydroxyl groups is 1. The van der Waals surface area contributed by atoms with E-state index in [1.165, 1.54) is 40.1 Å². The van der Waals surface area contributed by atoms with Crippen LogP contribution in [-0.4, -0.2) is 39.7 Å². The van der Waals surface area contributed by atoms with Crippen LogP contribution >= 0.6 is 23.1 Å². The molecule has 0 bridgehead atoms. The predicted octanol–water partition coefficient (Wildman–Crippen LogP) is 7.49.